The quantitative estimate of drug-likeness (QED) is 0.201. The van der Waals surface area contributed by atoms with Gasteiger partial charge in [0.25, 0.3) is 5.69 Å². The van der Waals surface area contributed by atoms with Crippen LogP contribution in [0.25, 0.3) is 0 Å². The van der Waals surface area contributed by atoms with E-state index in [0.29, 0.717) is 23.5 Å². The molecule has 4 unspecified atom stereocenters. The molecule has 0 bridgehead atoms. The van der Waals surface area contributed by atoms with Crippen molar-refractivity contribution in [3.05, 3.63) is 69.8 Å². The molecule has 2 aliphatic heterocycles. The smallest absolute Gasteiger partial charge is 0.325 e. The second-order valence-electron chi connectivity index (χ2n) is 9.18. The number of carboxylic acid groups (broad SMARTS) is 1. The molecule has 2 aromatic carbocycles. The number of rotatable bonds is 11. The summed E-state index contributed by atoms with van der Waals surface area (Å²) in [6.45, 7) is 2.60. The van der Waals surface area contributed by atoms with Crippen LogP contribution in [0, 0.1) is 22.0 Å². The minimum Gasteiger partial charge on any atom is -0.496 e. The number of likely N-dealkylation sites (tertiary alicyclic amines) is 1. The number of hydrogen-bond donors (Lipinski definition) is 2. The lowest BCUT2D eigenvalue weighted by molar-refractivity contribution is -0.384. The van der Waals surface area contributed by atoms with E-state index in [2.05, 4.69) is 5.32 Å². The van der Waals surface area contributed by atoms with Crippen LogP contribution in [0.5, 0.6) is 5.75 Å². The standard InChI is InChI=1S/C26H29N3O8/c1-3-13-37-14-12-28-23(30)20-21(24(28)31)26(25(32)33,15-16-8-10-17(11-9-16)29(34)35)27-22(20)18-6-4-5-7-19(18)36-2/h4-11,20-22,27H,3,12-15H2,1-2H3,(H,32,33). The third kappa shape index (κ3) is 4.67. The Bertz CT molecular complexity index is 1200. The summed E-state index contributed by atoms with van der Waals surface area (Å²) < 4.78 is 11.0. The molecule has 2 saturated heterocycles. The number of nitro benzene ring substituents is 1. The number of para-hydroxylation sites is 1. The monoisotopic (exact) mass is 511 g/mol. The first-order valence-corrected chi connectivity index (χ1v) is 12.1. The number of ether oxygens (including phenoxy) is 2. The van der Waals surface area contributed by atoms with Gasteiger partial charge in [0, 0.05) is 36.8 Å². The first-order valence-electron chi connectivity index (χ1n) is 12.1. The van der Waals surface area contributed by atoms with E-state index < -0.39 is 46.1 Å². The Morgan fingerprint density at radius 2 is 1.84 bits per heavy atom. The molecule has 196 valence electrons. The number of fused-ring (bicyclic) bond motifs is 1. The molecule has 4 rings (SSSR count). The van der Waals surface area contributed by atoms with E-state index in [0.717, 1.165) is 11.3 Å². The third-order valence-electron chi connectivity index (χ3n) is 7.04. The summed E-state index contributed by atoms with van der Waals surface area (Å²) in [5.41, 5.74) is -0.928. The zero-order valence-corrected chi connectivity index (χ0v) is 20.6. The zero-order chi connectivity index (χ0) is 26.7. The average Bonchev–Trinajstić information content (AvgIpc) is 3.36. The van der Waals surface area contributed by atoms with Gasteiger partial charge in [-0.15, -0.1) is 0 Å². The largest absolute Gasteiger partial charge is 0.496 e. The Kier molecular flexibility index (Phi) is 7.55. The Hall–Kier alpha value is -3.83. The second-order valence-corrected chi connectivity index (χ2v) is 9.18. The second kappa shape index (κ2) is 10.7. The number of carbonyl (C=O) groups excluding carboxylic acids is 2. The van der Waals surface area contributed by atoms with Crippen molar-refractivity contribution in [2.75, 3.05) is 26.9 Å². The summed E-state index contributed by atoms with van der Waals surface area (Å²) in [6.07, 6.45) is 0.622. The number of nitrogens with one attached hydrogen (secondary N) is 1. The number of non-ortho nitro benzene ring substituents is 1. The van der Waals surface area contributed by atoms with Crippen molar-refractivity contribution in [3.8, 4) is 5.75 Å². The van der Waals surface area contributed by atoms with Crippen LogP contribution in [-0.4, -0.2) is 65.1 Å². The molecule has 2 N–H and O–H groups in total. The highest BCUT2D eigenvalue weighted by atomic mass is 16.6. The number of benzene rings is 2. The van der Waals surface area contributed by atoms with Crippen molar-refractivity contribution in [2.24, 2.45) is 11.8 Å². The Morgan fingerprint density at radius 1 is 1.14 bits per heavy atom. The van der Waals surface area contributed by atoms with Crippen molar-refractivity contribution in [1.82, 2.24) is 10.2 Å². The molecule has 2 fully saturated rings. The SMILES string of the molecule is CCCOCCN1C(=O)C2C(c3ccccc3OC)NC(Cc3ccc([N+](=O)[O-])cc3)(C(=O)O)C2C1=O. The Morgan fingerprint density at radius 3 is 2.46 bits per heavy atom. The number of amides is 2. The van der Waals surface area contributed by atoms with E-state index in [4.69, 9.17) is 9.47 Å². The molecule has 37 heavy (non-hydrogen) atoms. The Labute approximate surface area is 213 Å². The number of carboxylic acids is 1. The lowest BCUT2D eigenvalue weighted by atomic mass is 9.76. The van der Waals surface area contributed by atoms with Gasteiger partial charge in [0.05, 0.1) is 37.0 Å². The van der Waals surface area contributed by atoms with Crippen LogP contribution in [0.1, 0.15) is 30.5 Å². The van der Waals surface area contributed by atoms with E-state index in [-0.39, 0.29) is 25.3 Å². The molecule has 0 radical (unpaired) electrons. The van der Waals surface area contributed by atoms with Crippen molar-refractivity contribution < 1.29 is 33.9 Å². The molecule has 2 amide bonds. The third-order valence-corrected chi connectivity index (χ3v) is 7.04. The fraction of sp³-hybridized carbons (Fsp3) is 0.423. The molecular weight excluding hydrogens is 482 g/mol. The maximum absolute atomic E-state index is 13.7. The van der Waals surface area contributed by atoms with Crippen LogP contribution in [0.3, 0.4) is 0 Å². The van der Waals surface area contributed by atoms with Gasteiger partial charge in [0.15, 0.2) is 0 Å². The molecule has 0 spiro atoms. The maximum atomic E-state index is 13.7. The molecule has 2 aliphatic rings. The van der Waals surface area contributed by atoms with Gasteiger partial charge in [0.1, 0.15) is 11.3 Å². The molecular formula is C26H29N3O8. The number of imide groups is 1. The lowest BCUT2D eigenvalue weighted by Crippen LogP contribution is -2.57. The highest BCUT2D eigenvalue weighted by molar-refractivity contribution is 6.09. The summed E-state index contributed by atoms with van der Waals surface area (Å²) in [5.74, 6) is -4.06. The molecule has 11 nitrogen and oxygen atoms in total. The van der Waals surface area contributed by atoms with Gasteiger partial charge < -0.3 is 14.6 Å². The fourth-order valence-electron chi connectivity index (χ4n) is 5.37. The summed E-state index contributed by atoms with van der Waals surface area (Å²) >= 11 is 0. The van der Waals surface area contributed by atoms with E-state index >= 15 is 0 Å². The molecule has 0 aromatic heterocycles. The number of nitro groups is 1. The average molecular weight is 512 g/mol. The number of hydrogen-bond acceptors (Lipinski definition) is 8. The Balaban J connectivity index is 1.77. The highest BCUT2D eigenvalue weighted by Gasteiger charge is 2.68. The van der Waals surface area contributed by atoms with Gasteiger partial charge >= 0.3 is 5.97 Å². The highest BCUT2D eigenvalue weighted by Crippen LogP contribution is 2.51. The van der Waals surface area contributed by atoms with Gasteiger partial charge in [-0.1, -0.05) is 37.3 Å². The van der Waals surface area contributed by atoms with E-state index in [9.17, 15) is 29.6 Å². The number of aliphatic carboxylic acids is 1. The number of nitrogens with zero attached hydrogens (tertiary/aromatic N) is 2. The van der Waals surface area contributed by atoms with Crippen LogP contribution in [0.15, 0.2) is 48.5 Å². The van der Waals surface area contributed by atoms with Crippen LogP contribution in [0.4, 0.5) is 5.69 Å². The van der Waals surface area contributed by atoms with Crippen molar-refractivity contribution in [2.45, 2.75) is 31.3 Å². The summed E-state index contributed by atoms with van der Waals surface area (Å²) in [5, 5.41) is 24.7. The lowest BCUT2D eigenvalue weighted by Gasteiger charge is -2.31. The summed E-state index contributed by atoms with van der Waals surface area (Å²) in [6, 6.07) is 11.7. The summed E-state index contributed by atoms with van der Waals surface area (Å²) in [7, 11) is 1.48. The van der Waals surface area contributed by atoms with E-state index in [1.165, 1.54) is 31.4 Å². The normalized spacial score (nSPS) is 24.8. The molecule has 0 aliphatic carbocycles. The molecule has 2 aromatic rings. The van der Waals surface area contributed by atoms with E-state index in [1.807, 2.05) is 6.92 Å². The van der Waals surface area contributed by atoms with Crippen LogP contribution in [0.2, 0.25) is 0 Å². The van der Waals surface area contributed by atoms with Gasteiger partial charge in [-0.3, -0.25) is 34.7 Å². The minimum absolute atomic E-state index is 0.0243. The summed E-state index contributed by atoms with van der Waals surface area (Å²) in [4.78, 5) is 51.8. The van der Waals surface area contributed by atoms with Crippen LogP contribution >= 0.6 is 0 Å². The topological polar surface area (TPSA) is 148 Å². The predicted octanol–water partition coefficient (Wildman–Crippen LogP) is 2.34. The van der Waals surface area contributed by atoms with Gasteiger partial charge in [-0.2, -0.15) is 0 Å². The minimum atomic E-state index is -1.84. The fourth-order valence-corrected chi connectivity index (χ4v) is 5.37. The van der Waals surface area contributed by atoms with E-state index in [1.54, 1.807) is 24.3 Å². The first-order chi connectivity index (χ1) is 17.7. The van der Waals surface area contributed by atoms with Crippen LogP contribution in [-0.2, 0) is 25.5 Å². The number of carbonyl (C=O) groups is 3. The van der Waals surface area contributed by atoms with Crippen molar-refractivity contribution >= 4 is 23.5 Å². The van der Waals surface area contributed by atoms with Crippen molar-refractivity contribution in [3.63, 3.8) is 0 Å². The zero-order valence-electron chi connectivity index (χ0n) is 20.6. The molecule has 2 heterocycles. The van der Waals surface area contributed by atoms with Crippen molar-refractivity contribution in [1.29, 1.82) is 0 Å². The van der Waals surface area contributed by atoms with Gasteiger partial charge in [-0.05, 0) is 18.1 Å². The van der Waals surface area contributed by atoms with Gasteiger partial charge in [-0.25, -0.2) is 0 Å². The predicted molar refractivity (Wildman–Crippen MR) is 131 cm³/mol. The number of methoxy groups -OCH3 is 1. The van der Waals surface area contributed by atoms with Crippen LogP contribution < -0.4 is 10.1 Å². The van der Waals surface area contributed by atoms with Gasteiger partial charge in [0.2, 0.25) is 11.8 Å². The first kappa shape index (κ1) is 26.2. The molecule has 0 saturated carbocycles. The maximum Gasteiger partial charge on any atom is 0.325 e. The molecule has 4 atom stereocenters. The molecule has 11 heteroatoms.